The first-order valence-corrected chi connectivity index (χ1v) is 15.9. The molecule has 9 nitrogen and oxygen atoms in total. The zero-order valence-electron chi connectivity index (χ0n) is 24.0. The van der Waals surface area contributed by atoms with Crippen molar-refractivity contribution in [3.63, 3.8) is 0 Å². The molecule has 40 heavy (non-hydrogen) atoms. The van der Waals surface area contributed by atoms with Gasteiger partial charge in [-0.05, 0) is 50.5 Å². The van der Waals surface area contributed by atoms with Crippen LogP contribution < -0.4 is 20.9 Å². The highest BCUT2D eigenvalue weighted by Crippen LogP contribution is 2.23. The molecule has 0 atom stereocenters. The van der Waals surface area contributed by atoms with Crippen LogP contribution in [0.4, 0.5) is 10.6 Å². The molecule has 0 saturated carbocycles. The molecule has 0 saturated heterocycles. The number of benzene rings is 2. The Bertz CT molecular complexity index is 1350. The van der Waals surface area contributed by atoms with Gasteiger partial charge in [-0.3, -0.25) is 10.9 Å². The zero-order chi connectivity index (χ0) is 28.8. The summed E-state index contributed by atoms with van der Waals surface area (Å²) in [6.45, 7) is 7.06. The molecule has 0 fully saturated rings. The van der Waals surface area contributed by atoms with E-state index in [4.69, 9.17) is 4.74 Å². The van der Waals surface area contributed by atoms with Crippen LogP contribution in [0.2, 0.25) is 0 Å². The number of ether oxygens (including phenoxy) is 1. The number of sulfone groups is 1. The summed E-state index contributed by atoms with van der Waals surface area (Å²) in [7, 11) is -3.71. The molecule has 0 aliphatic heterocycles. The maximum Gasteiger partial charge on any atom is 0.333 e. The number of anilines is 1. The van der Waals surface area contributed by atoms with Crippen molar-refractivity contribution in [1.29, 1.82) is 0 Å². The van der Waals surface area contributed by atoms with Crippen LogP contribution in [0.15, 0.2) is 47.5 Å². The minimum absolute atomic E-state index is 0.00611. The summed E-state index contributed by atoms with van der Waals surface area (Å²) in [5.74, 6) is 0.815. The van der Waals surface area contributed by atoms with E-state index in [1.165, 1.54) is 31.2 Å². The summed E-state index contributed by atoms with van der Waals surface area (Å²) in [6.07, 6.45) is 9.04. The topological polar surface area (TPSA) is 122 Å². The van der Waals surface area contributed by atoms with Crippen molar-refractivity contribution in [3.05, 3.63) is 53.6 Å². The van der Waals surface area contributed by atoms with Gasteiger partial charge in [-0.25, -0.2) is 23.2 Å². The number of nitrogens with one attached hydrogen (secondary N) is 3. The number of hydrogen-bond acceptors (Lipinski definition) is 7. The van der Waals surface area contributed by atoms with Crippen molar-refractivity contribution < 1.29 is 17.9 Å². The number of rotatable bonds is 17. The number of hydrogen-bond donors (Lipinski definition) is 3. The predicted molar refractivity (Wildman–Crippen MR) is 160 cm³/mol. The van der Waals surface area contributed by atoms with Gasteiger partial charge in [0, 0.05) is 6.54 Å². The van der Waals surface area contributed by atoms with Gasteiger partial charge in [0.2, 0.25) is 0 Å². The van der Waals surface area contributed by atoms with E-state index < -0.39 is 15.9 Å². The summed E-state index contributed by atoms with van der Waals surface area (Å²) in [6, 6.07) is 12.6. The van der Waals surface area contributed by atoms with Crippen LogP contribution in [0.5, 0.6) is 5.75 Å². The molecule has 0 aliphatic rings. The molecule has 1 aromatic heterocycles. The van der Waals surface area contributed by atoms with Gasteiger partial charge in [0.25, 0.3) is 0 Å². The largest absolute Gasteiger partial charge is 0.493 e. The molecule has 0 unspecified atom stereocenters. The highest BCUT2D eigenvalue weighted by atomic mass is 32.2. The standard InChI is InChI=1S/C30H43N5O4S/c1-4-5-6-7-8-9-10-13-21-40(37,38)29-28(32-25-15-11-12-16-26(25)33-29)34-35-30(36)31-19-14-20-39-27-18-17-23(2)22-24(27)3/h11-12,15-18,22H,4-10,13-14,19-21H2,1-3H3,(H,32,34)(H2,31,35,36). The van der Waals surface area contributed by atoms with Crippen LogP contribution in [0.25, 0.3) is 11.0 Å². The third kappa shape index (κ3) is 9.97. The van der Waals surface area contributed by atoms with Gasteiger partial charge in [-0.1, -0.05) is 81.7 Å². The first-order chi connectivity index (χ1) is 19.3. The second-order valence-corrected chi connectivity index (χ2v) is 12.2. The highest BCUT2D eigenvalue weighted by Gasteiger charge is 2.23. The van der Waals surface area contributed by atoms with E-state index in [9.17, 15) is 13.2 Å². The van der Waals surface area contributed by atoms with E-state index in [0.717, 1.165) is 30.6 Å². The third-order valence-corrected chi connectivity index (χ3v) is 8.29. The van der Waals surface area contributed by atoms with Gasteiger partial charge >= 0.3 is 6.03 Å². The molecule has 3 rings (SSSR count). The van der Waals surface area contributed by atoms with E-state index in [1.54, 1.807) is 24.3 Å². The molecular formula is C30H43N5O4S. The maximum atomic E-state index is 13.2. The van der Waals surface area contributed by atoms with Crippen molar-refractivity contribution in [2.75, 3.05) is 24.3 Å². The highest BCUT2D eigenvalue weighted by molar-refractivity contribution is 7.91. The van der Waals surface area contributed by atoms with Crippen LogP contribution >= 0.6 is 0 Å². The molecule has 3 N–H and O–H groups in total. The fourth-order valence-electron chi connectivity index (χ4n) is 4.38. The van der Waals surface area contributed by atoms with Gasteiger partial charge in [-0.2, -0.15) is 0 Å². The van der Waals surface area contributed by atoms with Crippen molar-refractivity contribution in [2.45, 2.75) is 83.6 Å². The lowest BCUT2D eigenvalue weighted by molar-refractivity contribution is 0.241. The Morgan fingerprint density at radius 1 is 0.875 bits per heavy atom. The quantitative estimate of drug-likeness (QED) is 0.130. The molecule has 0 radical (unpaired) electrons. The Labute approximate surface area is 238 Å². The normalized spacial score (nSPS) is 11.4. The van der Waals surface area contributed by atoms with Gasteiger partial charge in [0.15, 0.2) is 20.7 Å². The minimum Gasteiger partial charge on any atom is -0.493 e. The first kappa shape index (κ1) is 31.1. The van der Waals surface area contributed by atoms with E-state index in [0.29, 0.717) is 37.0 Å². The lowest BCUT2D eigenvalue weighted by Gasteiger charge is -2.14. The van der Waals surface area contributed by atoms with E-state index in [-0.39, 0.29) is 16.6 Å². The Kier molecular flexibility index (Phi) is 12.5. The van der Waals surface area contributed by atoms with E-state index in [1.807, 2.05) is 26.0 Å². The number of hydrazine groups is 1. The number of aryl methyl sites for hydroxylation is 2. The van der Waals surface area contributed by atoms with Crippen molar-refractivity contribution >= 4 is 32.7 Å². The molecule has 0 bridgehead atoms. The molecule has 0 aliphatic carbocycles. The van der Waals surface area contributed by atoms with Crippen LogP contribution in [0, 0.1) is 13.8 Å². The van der Waals surface area contributed by atoms with Crippen LogP contribution in [-0.2, 0) is 9.84 Å². The smallest absolute Gasteiger partial charge is 0.333 e. The van der Waals surface area contributed by atoms with Crippen molar-refractivity contribution in [2.24, 2.45) is 0 Å². The summed E-state index contributed by atoms with van der Waals surface area (Å²) in [5, 5.41) is 2.58. The molecule has 1 heterocycles. The summed E-state index contributed by atoms with van der Waals surface area (Å²) in [5.41, 5.74) is 8.43. The van der Waals surface area contributed by atoms with Crippen molar-refractivity contribution in [1.82, 2.24) is 20.7 Å². The summed E-state index contributed by atoms with van der Waals surface area (Å²) >= 11 is 0. The molecule has 2 aromatic carbocycles. The first-order valence-electron chi connectivity index (χ1n) is 14.3. The monoisotopic (exact) mass is 569 g/mol. The van der Waals surface area contributed by atoms with Crippen LogP contribution in [-0.4, -0.2) is 43.3 Å². The van der Waals surface area contributed by atoms with Gasteiger partial charge < -0.3 is 10.1 Å². The number of aromatic nitrogens is 2. The van der Waals surface area contributed by atoms with Crippen LogP contribution in [0.3, 0.4) is 0 Å². The lowest BCUT2D eigenvalue weighted by atomic mass is 10.1. The number of nitrogens with zero attached hydrogens (tertiary/aromatic N) is 2. The second kappa shape index (κ2) is 16.0. The maximum absolute atomic E-state index is 13.2. The Morgan fingerprint density at radius 2 is 1.55 bits per heavy atom. The van der Waals surface area contributed by atoms with Crippen molar-refractivity contribution in [3.8, 4) is 5.75 Å². The number of fused-ring (bicyclic) bond motifs is 1. The van der Waals surface area contributed by atoms with Gasteiger partial charge in [0.1, 0.15) is 5.75 Å². The second-order valence-electron chi connectivity index (χ2n) is 10.1. The summed E-state index contributed by atoms with van der Waals surface area (Å²) < 4.78 is 32.3. The van der Waals surface area contributed by atoms with Gasteiger partial charge in [0.05, 0.1) is 23.4 Å². The number of carbonyl (C=O) groups excluding carboxylic acids is 1. The van der Waals surface area contributed by atoms with E-state index >= 15 is 0 Å². The van der Waals surface area contributed by atoms with E-state index in [2.05, 4.69) is 39.1 Å². The fraction of sp³-hybridized carbons (Fsp3) is 0.500. The molecular weight excluding hydrogens is 526 g/mol. The number of para-hydroxylation sites is 2. The lowest BCUT2D eigenvalue weighted by Crippen LogP contribution is -2.40. The average molecular weight is 570 g/mol. The minimum atomic E-state index is -3.71. The summed E-state index contributed by atoms with van der Waals surface area (Å²) in [4.78, 5) is 21.2. The predicted octanol–water partition coefficient (Wildman–Crippen LogP) is 6.26. The molecule has 3 aromatic rings. The Hall–Kier alpha value is -3.40. The molecule has 10 heteroatoms. The SMILES string of the molecule is CCCCCCCCCCS(=O)(=O)c1nc2ccccc2nc1NNC(=O)NCCCOc1ccc(C)cc1C. The Balaban J connectivity index is 1.51. The number of carbonyl (C=O) groups is 1. The third-order valence-electron chi connectivity index (χ3n) is 6.59. The number of urea groups is 1. The molecule has 0 spiro atoms. The molecule has 218 valence electrons. The van der Waals surface area contributed by atoms with Crippen LogP contribution in [0.1, 0.15) is 75.8 Å². The average Bonchev–Trinajstić information content (AvgIpc) is 2.93. The number of amides is 2. The molecule has 2 amide bonds. The Morgan fingerprint density at radius 3 is 2.25 bits per heavy atom. The number of unbranched alkanes of at least 4 members (excludes halogenated alkanes) is 7. The zero-order valence-corrected chi connectivity index (χ0v) is 24.8. The van der Waals surface area contributed by atoms with Gasteiger partial charge in [-0.15, -0.1) is 0 Å². The fourth-order valence-corrected chi connectivity index (χ4v) is 5.79.